The largest absolute Gasteiger partial charge is 0.324 e. The number of fused-ring (bicyclic) bond motifs is 1. The molecule has 1 amide bonds. The zero-order valence-corrected chi connectivity index (χ0v) is 10.1. The lowest BCUT2D eigenvalue weighted by atomic mass is 10.1. The fourth-order valence-electron chi connectivity index (χ4n) is 1.85. The molecule has 0 spiro atoms. The molecule has 0 aliphatic rings. The monoisotopic (exact) mass is 239 g/mol. The topological polar surface area (TPSA) is 57.0 Å². The summed E-state index contributed by atoms with van der Waals surface area (Å²) >= 11 is 0. The maximum atomic E-state index is 12.3. The van der Waals surface area contributed by atoms with Gasteiger partial charge in [-0.3, -0.25) is 9.78 Å². The second-order valence-corrected chi connectivity index (χ2v) is 3.86. The number of nitriles is 1. The number of hydrogen-bond donors (Lipinski definition) is 0. The number of aromatic nitrogens is 1. The number of carbonyl (C=O) groups excluding carboxylic acids is 1. The molecular formula is C14H13N3O. The van der Waals surface area contributed by atoms with Crippen LogP contribution in [0, 0.1) is 11.3 Å². The van der Waals surface area contributed by atoms with Gasteiger partial charge in [0.15, 0.2) is 0 Å². The Kier molecular flexibility index (Phi) is 3.54. The van der Waals surface area contributed by atoms with Gasteiger partial charge in [-0.15, -0.1) is 0 Å². The molecule has 0 bridgehead atoms. The summed E-state index contributed by atoms with van der Waals surface area (Å²) in [4.78, 5) is 17.9. The van der Waals surface area contributed by atoms with Crippen LogP contribution in [-0.4, -0.2) is 28.9 Å². The van der Waals surface area contributed by atoms with Crippen molar-refractivity contribution in [3.05, 3.63) is 42.2 Å². The summed E-state index contributed by atoms with van der Waals surface area (Å²) in [5, 5.41) is 10.5. The van der Waals surface area contributed by atoms with E-state index in [1.165, 1.54) is 4.90 Å². The Hall–Kier alpha value is -2.41. The van der Waals surface area contributed by atoms with E-state index in [-0.39, 0.29) is 12.5 Å². The van der Waals surface area contributed by atoms with Crippen LogP contribution in [-0.2, 0) is 0 Å². The molecule has 0 unspecified atom stereocenters. The summed E-state index contributed by atoms with van der Waals surface area (Å²) in [5.74, 6) is -0.198. The summed E-state index contributed by atoms with van der Waals surface area (Å²) in [6.07, 6.45) is 1.62. The molecule has 0 saturated heterocycles. The van der Waals surface area contributed by atoms with Crippen LogP contribution in [0.4, 0.5) is 0 Å². The van der Waals surface area contributed by atoms with E-state index in [4.69, 9.17) is 5.26 Å². The van der Waals surface area contributed by atoms with E-state index >= 15 is 0 Å². The molecule has 0 saturated carbocycles. The normalized spacial score (nSPS) is 10.0. The second-order valence-electron chi connectivity index (χ2n) is 3.86. The van der Waals surface area contributed by atoms with E-state index in [1.54, 1.807) is 6.20 Å². The first-order valence-electron chi connectivity index (χ1n) is 5.78. The lowest BCUT2D eigenvalue weighted by Gasteiger charge is -2.17. The molecule has 0 N–H and O–H groups in total. The molecule has 0 aliphatic heterocycles. The van der Waals surface area contributed by atoms with Crippen molar-refractivity contribution in [1.82, 2.24) is 9.88 Å². The lowest BCUT2D eigenvalue weighted by Crippen LogP contribution is -2.31. The fraction of sp³-hybridized carbons (Fsp3) is 0.214. The standard InChI is InChI=1S/C14H13N3O/c1-2-17(10-8-15)14(18)13-12-6-4-3-5-11(12)7-9-16-13/h3-7,9H,2,10H2,1H3. The van der Waals surface area contributed by atoms with Gasteiger partial charge >= 0.3 is 0 Å². The predicted molar refractivity (Wildman–Crippen MR) is 68.9 cm³/mol. The maximum absolute atomic E-state index is 12.3. The van der Waals surface area contributed by atoms with Gasteiger partial charge in [0.25, 0.3) is 5.91 Å². The third kappa shape index (κ3) is 2.16. The lowest BCUT2D eigenvalue weighted by molar-refractivity contribution is 0.0780. The van der Waals surface area contributed by atoms with Gasteiger partial charge in [-0.2, -0.15) is 5.26 Å². The highest BCUT2D eigenvalue weighted by Crippen LogP contribution is 2.17. The van der Waals surface area contributed by atoms with Gasteiger partial charge in [0, 0.05) is 18.1 Å². The Morgan fingerprint density at radius 3 is 2.89 bits per heavy atom. The molecule has 0 radical (unpaired) electrons. The van der Waals surface area contributed by atoms with Gasteiger partial charge in [0.05, 0.1) is 6.07 Å². The molecule has 4 heteroatoms. The summed E-state index contributed by atoms with van der Waals surface area (Å²) < 4.78 is 0. The van der Waals surface area contributed by atoms with Crippen molar-refractivity contribution < 1.29 is 4.79 Å². The fourth-order valence-corrected chi connectivity index (χ4v) is 1.85. The number of hydrogen-bond acceptors (Lipinski definition) is 3. The molecule has 1 aromatic carbocycles. The highest BCUT2D eigenvalue weighted by molar-refractivity contribution is 6.05. The van der Waals surface area contributed by atoms with Gasteiger partial charge in [-0.1, -0.05) is 24.3 Å². The van der Waals surface area contributed by atoms with E-state index < -0.39 is 0 Å². The zero-order valence-electron chi connectivity index (χ0n) is 10.1. The molecule has 18 heavy (non-hydrogen) atoms. The van der Waals surface area contributed by atoms with E-state index in [0.717, 1.165) is 10.8 Å². The SMILES string of the molecule is CCN(CC#N)C(=O)c1nccc2ccccc12. The van der Waals surface area contributed by atoms with Crippen LogP contribution in [0.15, 0.2) is 36.5 Å². The van der Waals surface area contributed by atoms with Crippen molar-refractivity contribution in [2.45, 2.75) is 6.92 Å². The highest BCUT2D eigenvalue weighted by atomic mass is 16.2. The number of benzene rings is 1. The van der Waals surface area contributed by atoms with Crippen LogP contribution >= 0.6 is 0 Å². The van der Waals surface area contributed by atoms with Crippen molar-refractivity contribution >= 4 is 16.7 Å². The van der Waals surface area contributed by atoms with Crippen molar-refractivity contribution in [2.24, 2.45) is 0 Å². The van der Waals surface area contributed by atoms with Crippen LogP contribution in [0.2, 0.25) is 0 Å². The molecule has 1 aromatic heterocycles. The number of carbonyl (C=O) groups is 1. The van der Waals surface area contributed by atoms with Crippen LogP contribution in [0.3, 0.4) is 0 Å². The summed E-state index contributed by atoms with van der Waals surface area (Å²) in [5.41, 5.74) is 0.408. The smallest absolute Gasteiger partial charge is 0.273 e. The van der Waals surface area contributed by atoms with E-state index in [1.807, 2.05) is 43.3 Å². The van der Waals surface area contributed by atoms with Gasteiger partial charge in [0.2, 0.25) is 0 Å². The second kappa shape index (κ2) is 5.28. The number of rotatable bonds is 3. The van der Waals surface area contributed by atoms with Crippen LogP contribution in [0.5, 0.6) is 0 Å². The molecule has 90 valence electrons. The molecular weight excluding hydrogens is 226 g/mol. The molecule has 4 nitrogen and oxygen atoms in total. The average molecular weight is 239 g/mol. The molecule has 0 aliphatic carbocycles. The molecule has 1 heterocycles. The van der Waals surface area contributed by atoms with Crippen molar-refractivity contribution in [2.75, 3.05) is 13.1 Å². The number of pyridine rings is 1. The Balaban J connectivity index is 2.48. The minimum atomic E-state index is -0.198. The van der Waals surface area contributed by atoms with Crippen LogP contribution < -0.4 is 0 Å². The minimum absolute atomic E-state index is 0.0836. The Bertz CT molecular complexity index is 610. The number of amides is 1. The van der Waals surface area contributed by atoms with Gasteiger partial charge in [0.1, 0.15) is 12.2 Å². The third-order valence-corrected chi connectivity index (χ3v) is 2.81. The zero-order chi connectivity index (χ0) is 13.0. The maximum Gasteiger partial charge on any atom is 0.273 e. The molecule has 2 rings (SSSR count). The first-order chi connectivity index (χ1) is 8.77. The van der Waals surface area contributed by atoms with Gasteiger partial charge in [-0.25, -0.2) is 0 Å². The Labute approximate surface area is 105 Å². The van der Waals surface area contributed by atoms with E-state index in [2.05, 4.69) is 4.98 Å². The Morgan fingerprint density at radius 2 is 2.17 bits per heavy atom. The van der Waals surface area contributed by atoms with E-state index in [0.29, 0.717) is 12.2 Å². The first-order valence-corrected chi connectivity index (χ1v) is 5.78. The average Bonchev–Trinajstić information content (AvgIpc) is 2.43. The summed E-state index contributed by atoms with van der Waals surface area (Å²) in [7, 11) is 0. The minimum Gasteiger partial charge on any atom is -0.324 e. The third-order valence-electron chi connectivity index (χ3n) is 2.81. The quantitative estimate of drug-likeness (QED) is 0.772. The van der Waals surface area contributed by atoms with E-state index in [9.17, 15) is 4.79 Å². The molecule has 0 fully saturated rings. The summed E-state index contributed by atoms with van der Waals surface area (Å²) in [6, 6.07) is 11.5. The predicted octanol–water partition coefficient (Wildman–Crippen LogP) is 2.22. The first kappa shape index (κ1) is 12.1. The van der Waals surface area contributed by atoms with Crippen molar-refractivity contribution in [3.63, 3.8) is 0 Å². The van der Waals surface area contributed by atoms with Crippen molar-refractivity contribution in [3.8, 4) is 6.07 Å². The Morgan fingerprint density at radius 1 is 1.39 bits per heavy atom. The molecule has 2 aromatic rings. The summed E-state index contributed by atoms with van der Waals surface area (Å²) in [6.45, 7) is 2.43. The number of nitrogens with zero attached hydrogens (tertiary/aromatic N) is 3. The van der Waals surface area contributed by atoms with Crippen molar-refractivity contribution in [1.29, 1.82) is 5.26 Å². The van der Waals surface area contributed by atoms with Gasteiger partial charge in [-0.05, 0) is 18.4 Å². The highest BCUT2D eigenvalue weighted by Gasteiger charge is 2.17. The van der Waals surface area contributed by atoms with Crippen LogP contribution in [0.1, 0.15) is 17.4 Å². The molecule has 0 atom stereocenters. The van der Waals surface area contributed by atoms with Gasteiger partial charge < -0.3 is 4.90 Å². The van der Waals surface area contributed by atoms with Crippen LogP contribution in [0.25, 0.3) is 10.8 Å².